The van der Waals surface area contributed by atoms with Gasteiger partial charge in [-0.2, -0.15) is 0 Å². The second kappa shape index (κ2) is 4.24. The Hall–Kier alpha value is -0.0800. The molecule has 0 atom stereocenters. The van der Waals surface area contributed by atoms with Crippen molar-refractivity contribution in [1.82, 2.24) is 4.90 Å². The fourth-order valence-corrected chi connectivity index (χ4v) is 1.85. The number of hydrogen-bond donors (Lipinski definition) is 1. The first-order chi connectivity index (χ1) is 5.70. The van der Waals surface area contributed by atoms with E-state index in [0.717, 1.165) is 13.1 Å². The molecule has 1 rings (SSSR count). The first-order valence-electron chi connectivity index (χ1n) is 5.12. The van der Waals surface area contributed by atoms with Crippen LogP contribution in [0, 0.1) is 5.41 Å². The van der Waals surface area contributed by atoms with Crippen molar-refractivity contribution in [1.29, 1.82) is 0 Å². The lowest BCUT2D eigenvalue weighted by molar-refractivity contribution is 0.117. The Bertz CT molecular complexity index is 126. The maximum Gasteiger partial charge on any atom is 0.0105 e. The van der Waals surface area contributed by atoms with Crippen molar-refractivity contribution in [3.8, 4) is 0 Å². The van der Waals surface area contributed by atoms with Gasteiger partial charge in [-0.15, -0.1) is 0 Å². The molecule has 0 saturated carbocycles. The van der Waals surface area contributed by atoms with Crippen LogP contribution >= 0.6 is 0 Å². The lowest BCUT2D eigenvalue weighted by Gasteiger charge is -2.38. The van der Waals surface area contributed by atoms with E-state index < -0.39 is 0 Å². The third-order valence-corrected chi connectivity index (χ3v) is 3.36. The van der Waals surface area contributed by atoms with Crippen LogP contribution in [0.15, 0.2) is 0 Å². The van der Waals surface area contributed by atoms with Gasteiger partial charge in [0.25, 0.3) is 0 Å². The minimum Gasteiger partial charge on any atom is -0.329 e. The van der Waals surface area contributed by atoms with Crippen molar-refractivity contribution in [3.05, 3.63) is 0 Å². The van der Waals surface area contributed by atoms with Gasteiger partial charge in [-0.05, 0) is 31.3 Å². The molecule has 0 aromatic rings. The number of piperidine rings is 1. The van der Waals surface area contributed by atoms with E-state index in [9.17, 15) is 0 Å². The van der Waals surface area contributed by atoms with E-state index >= 15 is 0 Å². The van der Waals surface area contributed by atoms with Crippen LogP contribution < -0.4 is 5.73 Å². The highest BCUT2D eigenvalue weighted by Gasteiger charge is 2.27. The minimum absolute atomic E-state index is 0.616. The van der Waals surface area contributed by atoms with Crippen molar-refractivity contribution in [2.24, 2.45) is 11.1 Å². The molecule has 72 valence electrons. The van der Waals surface area contributed by atoms with Crippen LogP contribution in [-0.4, -0.2) is 31.1 Å². The third-order valence-electron chi connectivity index (χ3n) is 3.36. The summed E-state index contributed by atoms with van der Waals surface area (Å²) in [6.45, 7) is 9.11. The summed E-state index contributed by atoms with van der Waals surface area (Å²) < 4.78 is 0. The summed E-state index contributed by atoms with van der Waals surface area (Å²) in [6.07, 6.45) is 4.02. The van der Waals surface area contributed by atoms with Gasteiger partial charge in [-0.3, -0.25) is 0 Å². The lowest BCUT2D eigenvalue weighted by Crippen LogP contribution is -2.40. The van der Waals surface area contributed by atoms with Gasteiger partial charge in [0.2, 0.25) is 0 Å². The Kier molecular flexibility index (Phi) is 3.53. The van der Waals surface area contributed by atoms with Crippen molar-refractivity contribution in [2.75, 3.05) is 26.2 Å². The molecule has 1 aliphatic rings. The predicted octanol–water partition coefficient (Wildman–Crippen LogP) is 1.46. The molecule has 1 heterocycles. The molecule has 0 aromatic carbocycles. The first kappa shape index (κ1) is 10.0. The first-order valence-corrected chi connectivity index (χ1v) is 5.12. The Balaban J connectivity index is 2.29. The van der Waals surface area contributed by atoms with E-state index in [-0.39, 0.29) is 0 Å². The summed E-state index contributed by atoms with van der Waals surface area (Å²) in [5.74, 6) is 0. The molecule has 1 saturated heterocycles. The molecule has 0 aromatic heterocycles. The van der Waals surface area contributed by atoms with E-state index in [0.29, 0.717) is 5.41 Å². The number of hydrogen-bond acceptors (Lipinski definition) is 2. The molecule has 0 radical (unpaired) electrons. The van der Waals surface area contributed by atoms with Crippen molar-refractivity contribution >= 4 is 0 Å². The van der Waals surface area contributed by atoms with Crippen molar-refractivity contribution < 1.29 is 0 Å². The van der Waals surface area contributed by atoms with Crippen LogP contribution in [0.1, 0.15) is 33.1 Å². The van der Waals surface area contributed by atoms with E-state index in [1.54, 1.807) is 0 Å². The summed E-state index contributed by atoms with van der Waals surface area (Å²) in [4.78, 5) is 2.48. The lowest BCUT2D eigenvalue weighted by atomic mass is 9.78. The van der Waals surface area contributed by atoms with Crippen molar-refractivity contribution in [2.45, 2.75) is 33.1 Å². The minimum atomic E-state index is 0.616. The molecular formula is C10H22N2. The van der Waals surface area contributed by atoms with E-state index in [2.05, 4.69) is 18.7 Å². The maximum atomic E-state index is 5.52. The number of nitrogens with zero attached hydrogens (tertiary/aromatic N) is 1. The molecule has 12 heavy (non-hydrogen) atoms. The van der Waals surface area contributed by atoms with Gasteiger partial charge in [0.05, 0.1) is 0 Å². The number of likely N-dealkylation sites (tertiary alicyclic amines) is 1. The fraction of sp³-hybridized carbons (Fsp3) is 1.00. The fourth-order valence-electron chi connectivity index (χ4n) is 1.85. The Labute approximate surface area is 76.1 Å². The van der Waals surface area contributed by atoms with Gasteiger partial charge in [0.1, 0.15) is 0 Å². The van der Waals surface area contributed by atoms with Gasteiger partial charge < -0.3 is 10.6 Å². The van der Waals surface area contributed by atoms with Crippen LogP contribution in [0.5, 0.6) is 0 Å². The van der Waals surface area contributed by atoms with Crippen LogP contribution in [0.4, 0.5) is 0 Å². The third kappa shape index (κ3) is 2.46. The maximum absolute atomic E-state index is 5.52. The van der Waals surface area contributed by atoms with Crippen LogP contribution in [0.25, 0.3) is 0 Å². The smallest absolute Gasteiger partial charge is 0.0105 e. The van der Waals surface area contributed by atoms with Gasteiger partial charge in [0.15, 0.2) is 0 Å². The SMILES string of the molecule is CCC1(C)CCN(CCN)CC1. The summed E-state index contributed by atoms with van der Waals surface area (Å²) in [6, 6.07) is 0. The van der Waals surface area contributed by atoms with E-state index in [4.69, 9.17) is 5.73 Å². The monoisotopic (exact) mass is 170 g/mol. The largest absolute Gasteiger partial charge is 0.329 e. The van der Waals surface area contributed by atoms with E-state index in [1.165, 1.54) is 32.4 Å². The highest BCUT2D eigenvalue weighted by molar-refractivity contribution is 4.81. The zero-order valence-corrected chi connectivity index (χ0v) is 8.47. The number of rotatable bonds is 3. The second-order valence-electron chi connectivity index (χ2n) is 4.29. The second-order valence-corrected chi connectivity index (χ2v) is 4.29. The standard InChI is InChI=1S/C10H22N2/c1-3-10(2)4-7-12(8-5-10)9-6-11/h3-9,11H2,1-2H3. The highest BCUT2D eigenvalue weighted by atomic mass is 15.1. The normalized spacial score (nSPS) is 24.2. The van der Waals surface area contributed by atoms with Gasteiger partial charge in [-0.25, -0.2) is 0 Å². The number of nitrogens with two attached hydrogens (primary N) is 1. The molecule has 2 N–H and O–H groups in total. The Morgan fingerprint density at radius 3 is 2.33 bits per heavy atom. The van der Waals surface area contributed by atoms with Crippen LogP contribution in [-0.2, 0) is 0 Å². The molecule has 0 amide bonds. The summed E-state index contributed by atoms with van der Waals surface area (Å²) in [5, 5.41) is 0. The summed E-state index contributed by atoms with van der Waals surface area (Å²) >= 11 is 0. The molecule has 2 heteroatoms. The summed E-state index contributed by atoms with van der Waals surface area (Å²) in [5.41, 5.74) is 6.13. The zero-order valence-electron chi connectivity index (χ0n) is 8.47. The van der Waals surface area contributed by atoms with E-state index in [1.807, 2.05) is 0 Å². The quantitative estimate of drug-likeness (QED) is 0.695. The van der Waals surface area contributed by atoms with Gasteiger partial charge in [0, 0.05) is 13.1 Å². The molecule has 1 fully saturated rings. The highest BCUT2D eigenvalue weighted by Crippen LogP contribution is 2.33. The topological polar surface area (TPSA) is 29.3 Å². The average Bonchev–Trinajstić information content (AvgIpc) is 2.10. The van der Waals surface area contributed by atoms with Crippen molar-refractivity contribution in [3.63, 3.8) is 0 Å². The molecule has 1 aliphatic heterocycles. The van der Waals surface area contributed by atoms with Crippen LogP contribution in [0.3, 0.4) is 0 Å². The molecule has 0 aliphatic carbocycles. The Morgan fingerprint density at radius 1 is 1.33 bits per heavy atom. The molecule has 0 bridgehead atoms. The van der Waals surface area contributed by atoms with Gasteiger partial charge >= 0.3 is 0 Å². The predicted molar refractivity (Wildman–Crippen MR) is 53.1 cm³/mol. The van der Waals surface area contributed by atoms with Gasteiger partial charge in [-0.1, -0.05) is 20.3 Å². The summed E-state index contributed by atoms with van der Waals surface area (Å²) in [7, 11) is 0. The molecule has 0 unspecified atom stereocenters. The van der Waals surface area contributed by atoms with Crippen LogP contribution in [0.2, 0.25) is 0 Å². The molecule has 0 spiro atoms. The molecular weight excluding hydrogens is 148 g/mol. The zero-order chi connectivity index (χ0) is 9.03. The molecule has 2 nitrogen and oxygen atoms in total. The average molecular weight is 170 g/mol. The Morgan fingerprint density at radius 2 is 1.92 bits per heavy atom.